The van der Waals surface area contributed by atoms with Gasteiger partial charge in [-0.2, -0.15) is 5.26 Å². The molecule has 0 radical (unpaired) electrons. The van der Waals surface area contributed by atoms with E-state index >= 15 is 0 Å². The molecule has 0 aliphatic carbocycles. The van der Waals surface area contributed by atoms with Crippen LogP contribution >= 0.6 is 0 Å². The molecule has 0 saturated carbocycles. The van der Waals surface area contributed by atoms with Crippen molar-refractivity contribution in [2.45, 2.75) is 18.6 Å². The molecule has 1 aromatic rings. The Hall–Kier alpha value is -1.41. The number of hydrogen-bond donors (Lipinski definition) is 1. The molecule has 16 heavy (non-hydrogen) atoms. The van der Waals surface area contributed by atoms with E-state index in [1.54, 1.807) is 18.5 Å². The Bertz CT molecular complexity index is 397. The van der Waals surface area contributed by atoms with Gasteiger partial charge in [0.15, 0.2) is 0 Å². The van der Waals surface area contributed by atoms with Crippen molar-refractivity contribution in [3.63, 3.8) is 0 Å². The van der Waals surface area contributed by atoms with E-state index in [0.29, 0.717) is 5.69 Å². The predicted octanol–water partition coefficient (Wildman–Crippen LogP) is 1.52. The molecular weight excluding hydrogens is 222 g/mol. The minimum atomic E-state index is -0.772. The zero-order valence-corrected chi connectivity index (χ0v) is 10.3. The molecule has 1 aromatic heterocycles. The summed E-state index contributed by atoms with van der Waals surface area (Å²) in [7, 11) is -0.772. The smallest absolute Gasteiger partial charge is 0.140 e. The van der Waals surface area contributed by atoms with Gasteiger partial charge < -0.3 is 5.32 Å². The Morgan fingerprint density at radius 3 is 2.88 bits per heavy atom. The summed E-state index contributed by atoms with van der Waals surface area (Å²) in [5.41, 5.74) is 1.29. The van der Waals surface area contributed by atoms with Crippen LogP contribution in [-0.4, -0.2) is 27.2 Å². The van der Waals surface area contributed by atoms with Gasteiger partial charge in [-0.15, -0.1) is 0 Å². The van der Waals surface area contributed by atoms with Crippen LogP contribution in [0.2, 0.25) is 0 Å². The van der Waals surface area contributed by atoms with Crippen molar-refractivity contribution in [3.05, 3.63) is 24.0 Å². The summed E-state index contributed by atoms with van der Waals surface area (Å²) in [6.07, 6.45) is 4.20. The SMILES string of the molecule is CC(CCNc1ccc(C#N)nc1)S(C)=O. The van der Waals surface area contributed by atoms with Crippen molar-refractivity contribution >= 4 is 16.5 Å². The Kier molecular flexibility index (Phi) is 4.93. The summed E-state index contributed by atoms with van der Waals surface area (Å²) in [6.45, 7) is 2.73. The standard InChI is InChI=1S/C11H15N3OS/c1-9(16(2)15)5-6-13-11-4-3-10(7-12)14-8-11/h3-4,8-9,13H,5-6H2,1-2H3. The number of pyridine rings is 1. The largest absolute Gasteiger partial charge is 0.384 e. The first-order chi connectivity index (χ1) is 7.63. The zero-order chi connectivity index (χ0) is 12.0. The Morgan fingerprint density at radius 1 is 1.62 bits per heavy atom. The first-order valence-electron chi connectivity index (χ1n) is 5.05. The lowest BCUT2D eigenvalue weighted by atomic mass is 10.3. The van der Waals surface area contributed by atoms with Crippen LogP contribution in [0.5, 0.6) is 0 Å². The van der Waals surface area contributed by atoms with Crippen LogP contribution in [0.4, 0.5) is 5.69 Å². The lowest BCUT2D eigenvalue weighted by Crippen LogP contribution is -2.14. The monoisotopic (exact) mass is 237 g/mol. The first kappa shape index (κ1) is 12.7. The molecule has 0 aliphatic heterocycles. The minimum absolute atomic E-state index is 0.193. The quantitative estimate of drug-likeness (QED) is 0.843. The molecule has 2 unspecified atom stereocenters. The first-order valence-corrected chi connectivity index (χ1v) is 6.68. The van der Waals surface area contributed by atoms with Crippen LogP contribution in [0, 0.1) is 11.3 Å². The van der Waals surface area contributed by atoms with E-state index in [2.05, 4.69) is 10.3 Å². The molecule has 1 heterocycles. The van der Waals surface area contributed by atoms with Gasteiger partial charge in [0.25, 0.3) is 0 Å². The van der Waals surface area contributed by atoms with E-state index in [1.165, 1.54) is 0 Å². The zero-order valence-electron chi connectivity index (χ0n) is 9.43. The van der Waals surface area contributed by atoms with Gasteiger partial charge in [0.1, 0.15) is 11.8 Å². The molecule has 4 nitrogen and oxygen atoms in total. The third kappa shape index (κ3) is 3.99. The van der Waals surface area contributed by atoms with Crippen LogP contribution < -0.4 is 5.32 Å². The summed E-state index contributed by atoms with van der Waals surface area (Å²) in [6, 6.07) is 5.45. The summed E-state index contributed by atoms with van der Waals surface area (Å²) >= 11 is 0. The van der Waals surface area contributed by atoms with E-state index < -0.39 is 10.8 Å². The van der Waals surface area contributed by atoms with Crippen molar-refractivity contribution in [1.29, 1.82) is 5.26 Å². The van der Waals surface area contributed by atoms with Gasteiger partial charge in [0, 0.05) is 28.9 Å². The van der Waals surface area contributed by atoms with Crippen LogP contribution in [0.15, 0.2) is 18.3 Å². The molecule has 1 N–H and O–H groups in total. The van der Waals surface area contributed by atoms with Gasteiger partial charge in [-0.25, -0.2) is 4.98 Å². The highest BCUT2D eigenvalue weighted by molar-refractivity contribution is 7.84. The van der Waals surface area contributed by atoms with E-state index in [4.69, 9.17) is 5.26 Å². The van der Waals surface area contributed by atoms with Crippen molar-refractivity contribution in [1.82, 2.24) is 4.98 Å². The second-order valence-electron chi connectivity index (χ2n) is 3.57. The molecule has 86 valence electrons. The maximum Gasteiger partial charge on any atom is 0.140 e. The number of hydrogen-bond acceptors (Lipinski definition) is 4. The lowest BCUT2D eigenvalue weighted by molar-refractivity contribution is 0.672. The number of nitriles is 1. The maximum atomic E-state index is 11.1. The Labute approximate surface area is 98.2 Å². The van der Waals surface area contributed by atoms with Gasteiger partial charge in [0.05, 0.1) is 11.9 Å². The van der Waals surface area contributed by atoms with Crippen LogP contribution in [0.3, 0.4) is 0 Å². The molecule has 0 aromatic carbocycles. The molecule has 1 rings (SSSR count). The van der Waals surface area contributed by atoms with Crippen molar-refractivity contribution in [2.24, 2.45) is 0 Å². The number of rotatable bonds is 5. The third-order valence-corrected chi connectivity index (χ3v) is 3.69. The van der Waals surface area contributed by atoms with Gasteiger partial charge in [-0.05, 0) is 18.6 Å². The van der Waals surface area contributed by atoms with Crippen molar-refractivity contribution in [3.8, 4) is 6.07 Å². The van der Waals surface area contributed by atoms with E-state index in [9.17, 15) is 4.21 Å². The van der Waals surface area contributed by atoms with Crippen LogP contribution in [0.25, 0.3) is 0 Å². The Balaban J connectivity index is 2.38. The highest BCUT2D eigenvalue weighted by Gasteiger charge is 2.04. The van der Waals surface area contributed by atoms with Crippen molar-refractivity contribution < 1.29 is 4.21 Å². The molecule has 0 fully saturated rings. The summed E-state index contributed by atoms with van der Waals surface area (Å²) in [5, 5.41) is 11.9. The van der Waals surface area contributed by atoms with Gasteiger partial charge >= 0.3 is 0 Å². The van der Waals surface area contributed by atoms with Gasteiger partial charge in [0.2, 0.25) is 0 Å². The second-order valence-corrected chi connectivity index (χ2v) is 5.37. The number of nitrogens with one attached hydrogen (secondary N) is 1. The van der Waals surface area contributed by atoms with Gasteiger partial charge in [-0.3, -0.25) is 4.21 Å². The molecule has 0 bridgehead atoms. The fraction of sp³-hybridized carbons (Fsp3) is 0.455. The average Bonchev–Trinajstić information content (AvgIpc) is 2.29. The summed E-state index contributed by atoms with van der Waals surface area (Å²) < 4.78 is 11.1. The molecule has 0 spiro atoms. The van der Waals surface area contributed by atoms with Crippen LogP contribution in [-0.2, 0) is 10.8 Å². The van der Waals surface area contributed by atoms with Crippen molar-refractivity contribution in [2.75, 3.05) is 18.1 Å². The third-order valence-electron chi connectivity index (χ3n) is 2.32. The normalized spacial score (nSPS) is 13.8. The van der Waals surface area contributed by atoms with E-state index in [-0.39, 0.29) is 5.25 Å². The number of nitrogens with zero attached hydrogens (tertiary/aromatic N) is 2. The maximum absolute atomic E-state index is 11.1. The lowest BCUT2D eigenvalue weighted by Gasteiger charge is -2.09. The molecule has 0 amide bonds. The molecule has 2 atom stereocenters. The number of anilines is 1. The fourth-order valence-corrected chi connectivity index (χ4v) is 1.60. The predicted molar refractivity (Wildman–Crippen MR) is 65.6 cm³/mol. The van der Waals surface area contributed by atoms with Gasteiger partial charge in [-0.1, -0.05) is 6.92 Å². The Morgan fingerprint density at radius 2 is 2.38 bits per heavy atom. The molecule has 0 saturated heterocycles. The molecular formula is C11H15N3OS. The topological polar surface area (TPSA) is 65.8 Å². The van der Waals surface area contributed by atoms with E-state index in [0.717, 1.165) is 18.7 Å². The average molecular weight is 237 g/mol. The molecule has 5 heteroatoms. The second kappa shape index (κ2) is 6.23. The summed E-state index contributed by atoms with van der Waals surface area (Å²) in [5.74, 6) is 0. The minimum Gasteiger partial charge on any atom is -0.384 e. The van der Waals surface area contributed by atoms with Crippen LogP contribution in [0.1, 0.15) is 19.0 Å². The van der Waals surface area contributed by atoms with E-state index in [1.807, 2.05) is 19.1 Å². The highest BCUT2D eigenvalue weighted by Crippen LogP contribution is 2.06. The molecule has 0 aliphatic rings. The highest BCUT2D eigenvalue weighted by atomic mass is 32.2. The summed E-state index contributed by atoms with van der Waals surface area (Å²) in [4.78, 5) is 3.95. The number of aromatic nitrogens is 1. The fourth-order valence-electron chi connectivity index (χ4n) is 1.15.